The number of hydrogen-bond acceptors (Lipinski definition) is 3. The number of carbonyl (C=O) groups is 1. The molecule has 1 N–H and O–H groups in total. The van der Waals surface area contributed by atoms with Crippen molar-refractivity contribution in [3.63, 3.8) is 0 Å². The van der Waals surface area contributed by atoms with Gasteiger partial charge in [-0.1, -0.05) is 11.6 Å². The Morgan fingerprint density at radius 3 is 2.95 bits per heavy atom. The molecule has 1 aliphatic rings. The lowest BCUT2D eigenvalue weighted by molar-refractivity contribution is -0.151. The molecule has 1 aliphatic heterocycles. The van der Waals surface area contributed by atoms with Crippen LogP contribution >= 0.6 is 22.9 Å². The molecule has 1 atom stereocenters. The highest BCUT2D eigenvalue weighted by atomic mass is 35.5. The second-order valence-corrected chi connectivity index (χ2v) is 7.26. The summed E-state index contributed by atoms with van der Waals surface area (Å²) in [5.41, 5.74) is -0.647. The second-order valence-electron chi connectivity index (χ2n) is 5.83. The summed E-state index contributed by atoms with van der Waals surface area (Å²) in [7, 11) is 0. The van der Waals surface area contributed by atoms with Gasteiger partial charge in [-0.15, -0.1) is 11.3 Å². The van der Waals surface area contributed by atoms with Crippen molar-refractivity contribution < 1.29 is 9.90 Å². The third kappa shape index (κ3) is 3.50. The highest BCUT2D eigenvalue weighted by Gasteiger charge is 2.38. The van der Waals surface area contributed by atoms with Crippen molar-refractivity contribution in [1.82, 2.24) is 4.90 Å². The average Bonchev–Trinajstić information content (AvgIpc) is 2.75. The van der Waals surface area contributed by atoms with Crippen LogP contribution < -0.4 is 0 Å². The Labute approximate surface area is 123 Å². The number of hydrogen-bond donors (Lipinski definition) is 1. The summed E-state index contributed by atoms with van der Waals surface area (Å²) in [5.74, 6) is -0.479. The van der Waals surface area contributed by atoms with Gasteiger partial charge in [0.2, 0.25) is 0 Å². The molecule has 2 heterocycles. The van der Waals surface area contributed by atoms with Crippen molar-refractivity contribution in [2.75, 3.05) is 13.1 Å². The third-order valence-corrected chi connectivity index (χ3v) is 5.35. The van der Waals surface area contributed by atoms with E-state index in [1.165, 1.54) is 4.88 Å². The fourth-order valence-corrected chi connectivity index (χ4v) is 3.73. The van der Waals surface area contributed by atoms with E-state index in [0.717, 1.165) is 37.5 Å². The minimum atomic E-state index is -0.696. The zero-order chi connectivity index (χ0) is 14.0. The van der Waals surface area contributed by atoms with Crippen molar-refractivity contribution in [2.24, 2.45) is 11.3 Å². The van der Waals surface area contributed by atoms with Gasteiger partial charge in [-0.25, -0.2) is 0 Å². The maximum atomic E-state index is 11.4. The third-order valence-electron chi connectivity index (χ3n) is 4.08. The summed E-state index contributed by atoms with van der Waals surface area (Å²) in [6, 6.07) is 2.00. The number of halogens is 1. The molecule has 1 fully saturated rings. The molecule has 0 aromatic carbocycles. The van der Waals surface area contributed by atoms with Gasteiger partial charge in [-0.2, -0.15) is 0 Å². The van der Waals surface area contributed by atoms with E-state index in [1.54, 1.807) is 11.3 Å². The average molecular weight is 302 g/mol. The van der Waals surface area contributed by atoms with E-state index in [9.17, 15) is 9.90 Å². The highest BCUT2D eigenvalue weighted by Crippen LogP contribution is 2.35. The van der Waals surface area contributed by atoms with E-state index in [-0.39, 0.29) is 5.92 Å². The second kappa shape index (κ2) is 5.81. The van der Waals surface area contributed by atoms with E-state index in [1.807, 2.05) is 25.3 Å². The van der Waals surface area contributed by atoms with Crippen molar-refractivity contribution in [1.29, 1.82) is 0 Å². The Hall–Kier alpha value is -0.580. The number of rotatable bonds is 4. The molecular weight excluding hydrogens is 282 g/mol. The van der Waals surface area contributed by atoms with Crippen molar-refractivity contribution in [3.05, 3.63) is 21.3 Å². The van der Waals surface area contributed by atoms with Crippen LogP contribution in [0.15, 0.2) is 11.4 Å². The molecule has 0 spiro atoms. The first-order valence-corrected chi connectivity index (χ1v) is 7.84. The molecular formula is C14H20ClNO2S. The van der Waals surface area contributed by atoms with Crippen LogP contribution in [0.5, 0.6) is 0 Å². The van der Waals surface area contributed by atoms with Gasteiger partial charge in [-0.3, -0.25) is 9.69 Å². The van der Waals surface area contributed by atoms with Crippen LogP contribution in [0.2, 0.25) is 5.02 Å². The van der Waals surface area contributed by atoms with E-state index >= 15 is 0 Å². The van der Waals surface area contributed by atoms with Gasteiger partial charge in [0, 0.05) is 23.3 Å². The maximum Gasteiger partial charge on any atom is 0.309 e. The molecule has 2 rings (SSSR count). The zero-order valence-electron chi connectivity index (χ0n) is 11.4. The molecule has 1 aromatic rings. The Morgan fingerprint density at radius 1 is 1.63 bits per heavy atom. The first kappa shape index (κ1) is 14.8. The van der Waals surface area contributed by atoms with Crippen LogP contribution in [0.25, 0.3) is 0 Å². The largest absolute Gasteiger partial charge is 0.481 e. The first-order chi connectivity index (χ1) is 8.89. The maximum absolute atomic E-state index is 11.4. The van der Waals surface area contributed by atoms with Crippen molar-refractivity contribution in [2.45, 2.75) is 33.2 Å². The van der Waals surface area contributed by atoms with Crippen LogP contribution in [0.4, 0.5) is 0 Å². The topological polar surface area (TPSA) is 40.5 Å². The molecule has 0 bridgehead atoms. The number of carboxylic acid groups (broad SMARTS) is 1. The van der Waals surface area contributed by atoms with Crippen molar-refractivity contribution in [3.8, 4) is 0 Å². The van der Waals surface area contributed by atoms with E-state index < -0.39 is 11.4 Å². The molecule has 106 valence electrons. The van der Waals surface area contributed by atoms with Gasteiger partial charge in [0.05, 0.1) is 10.4 Å². The Bertz CT molecular complexity index is 458. The zero-order valence-corrected chi connectivity index (χ0v) is 12.9. The molecule has 0 amide bonds. The van der Waals surface area contributed by atoms with Gasteiger partial charge in [0.15, 0.2) is 0 Å². The molecule has 0 aliphatic carbocycles. The van der Waals surface area contributed by atoms with Crippen LogP contribution in [0, 0.1) is 11.3 Å². The van der Waals surface area contributed by atoms with Gasteiger partial charge in [0.25, 0.3) is 0 Å². The highest BCUT2D eigenvalue weighted by molar-refractivity contribution is 7.10. The number of aliphatic carboxylic acids is 1. The van der Waals surface area contributed by atoms with Gasteiger partial charge in [0.1, 0.15) is 0 Å². The summed E-state index contributed by atoms with van der Waals surface area (Å²) in [6.45, 7) is 6.46. The lowest BCUT2D eigenvalue weighted by Gasteiger charge is -2.39. The van der Waals surface area contributed by atoms with E-state index in [2.05, 4.69) is 4.90 Å². The summed E-state index contributed by atoms with van der Waals surface area (Å²) in [5, 5.41) is 12.1. The standard InChI is InChI=1S/C14H20ClNO2S/c1-14(2,13(17)18)10-4-3-5-16(7-10)8-12-6-11(15)9-19-12/h6,9-10H,3-5,7-8H2,1-2H3,(H,17,18). The number of thiophene rings is 1. The predicted octanol–water partition coefficient (Wildman–Crippen LogP) is 3.72. The van der Waals surface area contributed by atoms with E-state index in [4.69, 9.17) is 11.6 Å². The Kier molecular flexibility index (Phi) is 4.54. The summed E-state index contributed by atoms with van der Waals surface area (Å²) in [4.78, 5) is 15.0. The minimum Gasteiger partial charge on any atom is -0.481 e. The van der Waals surface area contributed by atoms with Crippen LogP contribution in [-0.4, -0.2) is 29.1 Å². The lowest BCUT2D eigenvalue weighted by Crippen LogP contribution is -2.44. The predicted molar refractivity (Wildman–Crippen MR) is 78.7 cm³/mol. The molecule has 0 radical (unpaired) electrons. The molecule has 1 saturated heterocycles. The van der Waals surface area contributed by atoms with Gasteiger partial charge < -0.3 is 5.11 Å². The molecule has 0 saturated carbocycles. The van der Waals surface area contributed by atoms with Gasteiger partial charge in [-0.05, 0) is 45.2 Å². The quantitative estimate of drug-likeness (QED) is 0.921. The molecule has 3 nitrogen and oxygen atoms in total. The SMILES string of the molecule is CC(C)(C(=O)O)C1CCCN(Cc2cc(Cl)cs2)C1. The van der Waals surface area contributed by atoms with Crippen LogP contribution in [-0.2, 0) is 11.3 Å². The summed E-state index contributed by atoms with van der Waals surface area (Å²) >= 11 is 7.60. The summed E-state index contributed by atoms with van der Waals surface area (Å²) in [6.07, 6.45) is 2.07. The number of carboxylic acids is 1. The fourth-order valence-electron chi connectivity index (χ4n) is 2.62. The molecule has 19 heavy (non-hydrogen) atoms. The number of piperidine rings is 1. The number of nitrogens with zero attached hydrogens (tertiary/aromatic N) is 1. The Morgan fingerprint density at radius 2 is 2.37 bits per heavy atom. The van der Waals surface area contributed by atoms with Crippen LogP contribution in [0.3, 0.4) is 0 Å². The smallest absolute Gasteiger partial charge is 0.309 e. The lowest BCUT2D eigenvalue weighted by atomic mass is 9.74. The molecule has 1 unspecified atom stereocenters. The van der Waals surface area contributed by atoms with Gasteiger partial charge >= 0.3 is 5.97 Å². The normalized spacial score (nSPS) is 21.5. The minimum absolute atomic E-state index is 0.217. The van der Waals surface area contributed by atoms with Crippen LogP contribution in [0.1, 0.15) is 31.6 Å². The fraction of sp³-hybridized carbons (Fsp3) is 0.643. The monoisotopic (exact) mass is 301 g/mol. The molecule has 1 aromatic heterocycles. The first-order valence-electron chi connectivity index (χ1n) is 6.58. The van der Waals surface area contributed by atoms with E-state index in [0.29, 0.717) is 0 Å². The number of likely N-dealkylation sites (tertiary alicyclic amines) is 1. The molecule has 5 heteroatoms. The summed E-state index contributed by atoms with van der Waals surface area (Å²) < 4.78 is 0. The van der Waals surface area contributed by atoms with Crippen molar-refractivity contribution >= 4 is 28.9 Å². The Balaban J connectivity index is 1.99.